The van der Waals surface area contributed by atoms with Gasteiger partial charge >= 0.3 is 6.09 Å². The Hall–Kier alpha value is -2.73. The number of carbonyl (C=O) groups excluding carboxylic acids is 1. The summed E-state index contributed by atoms with van der Waals surface area (Å²) in [7, 11) is 3.32. The number of alkyl carbamates (subject to hydrolysis) is 1. The molecule has 2 aromatic carbocycles. The number of rotatable bonds is 8. The van der Waals surface area contributed by atoms with Gasteiger partial charge in [0.25, 0.3) is 0 Å². The van der Waals surface area contributed by atoms with Crippen LogP contribution in [-0.2, 0) is 11.3 Å². The first-order chi connectivity index (χ1) is 13.6. The molecule has 0 aromatic heterocycles. The summed E-state index contributed by atoms with van der Waals surface area (Å²) in [5, 5.41) is 6.52. The molecule has 0 radical (unpaired) electrons. The minimum absolute atomic E-state index is 0.112. The molecule has 6 heteroatoms. The number of nitrogens with one attached hydrogen (secondary N) is 2. The maximum atomic E-state index is 11.9. The average molecular weight is 384 g/mol. The van der Waals surface area contributed by atoms with Crippen LogP contribution < -0.4 is 20.1 Å². The average Bonchev–Trinajstić information content (AvgIpc) is 2.70. The summed E-state index contributed by atoms with van der Waals surface area (Å²) in [5.74, 6) is 1.64. The lowest BCUT2D eigenvalue weighted by Crippen LogP contribution is -2.52. The molecule has 1 amide bonds. The maximum absolute atomic E-state index is 11.9. The van der Waals surface area contributed by atoms with Gasteiger partial charge in [0.2, 0.25) is 0 Å². The van der Waals surface area contributed by atoms with E-state index in [1.54, 1.807) is 14.2 Å². The summed E-state index contributed by atoms with van der Waals surface area (Å²) in [4.78, 5) is 11.9. The summed E-state index contributed by atoms with van der Waals surface area (Å²) in [5.41, 5.74) is 2.03. The van der Waals surface area contributed by atoms with E-state index in [9.17, 15) is 4.79 Å². The number of amides is 1. The molecule has 1 unspecified atom stereocenters. The van der Waals surface area contributed by atoms with Crippen LogP contribution in [-0.4, -0.2) is 32.4 Å². The molecule has 1 aliphatic rings. The highest BCUT2D eigenvalue weighted by Gasteiger charge is 2.32. The van der Waals surface area contributed by atoms with Crippen molar-refractivity contribution in [2.45, 2.75) is 44.5 Å². The Bertz CT molecular complexity index is 775. The van der Waals surface area contributed by atoms with E-state index in [2.05, 4.69) is 17.6 Å². The van der Waals surface area contributed by atoms with Crippen molar-refractivity contribution in [2.75, 3.05) is 14.2 Å². The first-order valence-electron chi connectivity index (χ1n) is 9.54. The largest absolute Gasteiger partial charge is 0.497 e. The van der Waals surface area contributed by atoms with Crippen LogP contribution in [0.5, 0.6) is 11.5 Å². The molecule has 0 saturated heterocycles. The van der Waals surface area contributed by atoms with E-state index in [-0.39, 0.29) is 24.8 Å². The van der Waals surface area contributed by atoms with Crippen molar-refractivity contribution >= 4 is 6.09 Å². The zero-order valence-electron chi connectivity index (χ0n) is 16.6. The fraction of sp³-hybridized carbons (Fsp3) is 0.409. The topological polar surface area (TPSA) is 68.8 Å². The molecular weight excluding hydrogens is 356 g/mol. The van der Waals surface area contributed by atoms with Crippen molar-refractivity contribution in [3.8, 4) is 11.5 Å². The highest BCUT2D eigenvalue weighted by Crippen LogP contribution is 2.31. The fourth-order valence-corrected chi connectivity index (χ4v) is 3.42. The second kappa shape index (κ2) is 9.46. The number of ether oxygens (including phenoxy) is 3. The van der Waals surface area contributed by atoms with Crippen LogP contribution in [0.4, 0.5) is 4.79 Å². The van der Waals surface area contributed by atoms with Gasteiger partial charge in [-0.1, -0.05) is 30.3 Å². The van der Waals surface area contributed by atoms with Crippen LogP contribution in [0.15, 0.2) is 48.5 Å². The van der Waals surface area contributed by atoms with Gasteiger partial charge in [0, 0.05) is 23.7 Å². The van der Waals surface area contributed by atoms with Gasteiger partial charge < -0.3 is 24.8 Å². The Morgan fingerprint density at radius 2 is 1.82 bits per heavy atom. The SMILES string of the molecule is COc1ccc(OC)c(C(C)NC2CC(NC(=O)OCc3ccccc3)C2)c1. The van der Waals surface area contributed by atoms with Gasteiger partial charge in [-0.2, -0.15) is 0 Å². The lowest BCUT2D eigenvalue weighted by atomic mass is 9.86. The molecule has 0 heterocycles. The third-order valence-corrected chi connectivity index (χ3v) is 5.06. The number of methoxy groups -OCH3 is 2. The van der Waals surface area contributed by atoms with E-state index in [1.807, 2.05) is 48.5 Å². The standard InChI is InChI=1S/C22H28N2O4/c1-15(20-13-19(26-2)9-10-21(20)27-3)23-17-11-18(12-17)24-22(25)28-14-16-7-5-4-6-8-16/h4-10,13,15,17-18,23H,11-12,14H2,1-3H3,(H,24,25). The van der Waals surface area contributed by atoms with Crippen LogP contribution in [0.2, 0.25) is 0 Å². The van der Waals surface area contributed by atoms with E-state index >= 15 is 0 Å². The zero-order valence-corrected chi connectivity index (χ0v) is 16.6. The molecule has 1 saturated carbocycles. The number of hydrogen-bond donors (Lipinski definition) is 2. The summed E-state index contributed by atoms with van der Waals surface area (Å²) < 4.78 is 16.1. The summed E-state index contributed by atoms with van der Waals surface area (Å²) in [6.45, 7) is 2.39. The predicted octanol–water partition coefficient (Wildman–Crippen LogP) is 3.81. The molecule has 6 nitrogen and oxygen atoms in total. The zero-order chi connectivity index (χ0) is 19.9. The van der Waals surface area contributed by atoms with Gasteiger partial charge in [0.05, 0.1) is 14.2 Å². The highest BCUT2D eigenvalue weighted by atomic mass is 16.5. The molecule has 1 fully saturated rings. The molecule has 1 atom stereocenters. The Morgan fingerprint density at radius 3 is 2.50 bits per heavy atom. The minimum atomic E-state index is -0.366. The summed E-state index contributed by atoms with van der Waals surface area (Å²) in [6.07, 6.45) is 1.38. The normalized spacial score (nSPS) is 19.2. The van der Waals surface area contributed by atoms with E-state index < -0.39 is 0 Å². The minimum Gasteiger partial charge on any atom is -0.497 e. The third-order valence-electron chi connectivity index (χ3n) is 5.06. The number of hydrogen-bond acceptors (Lipinski definition) is 5. The second-order valence-corrected chi connectivity index (χ2v) is 7.07. The molecule has 3 rings (SSSR count). The Morgan fingerprint density at radius 1 is 1.07 bits per heavy atom. The summed E-state index contributed by atoms with van der Waals surface area (Å²) in [6, 6.07) is 16.1. The fourth-order valence-electron chi connectivity index (χ4n) is 3.42. The van der Waals surface area contributed by atoms with Crippen molar-refractivity contribution in [3.05, 3.63) is 59.7 Å². The number of benzene rings is 2. The highest BCUT2D eigenvalue weighted by molar-refractivity contribution is 5.67. The Kier molecular flexibility index (Phi) is 6.76. The van der Waals surface area contributed by atoms with E-state index in [0.29, 0.717) is 6.04 Å². The molecule has 28 heavy (non-hydrogen) atoms. The van der Waals surface area contributed by atoms with Crippen LogP contribution in [0.3, 0.4) is 0 Å². The van der Waals surface area contributed by atoms with Crippen LogP contribution in [0.1, 0.15) is 36.9 Å². The Labute approximate surface area is 166 Å². The van der Waals surface area contributed by atoms with Crippen molar-refractivity contribution in [1.82, 2.24) is 10.6 Å². The molecule has 150 valence electrons. The van der Waals surface area contributed by atoms with Crippen LogP contribution >= 0.6 is 0 Å². The van der Waals surface area contributed by atoms with Gasteiger partial charge in [-0.25, -0.2) is 4.79 Å². The van der Waals surface area contributed by atoms with E-state index in [4.69, 9.17) is 14.2 Å². The first-order valence-corrected chi connectivity index (χ1v) is 9.54. The molecule has 2 aromatic rings. The molecule has 0 spiro atoms. The molecule has 2 N–H and O–H groups in total. The predicted molar refractivity (Wildman–Crippen MR) is 108 cm³/mol. The van der Waals surface area contributed by atoms with E-state index in [0.717, 1.165) is 35.5 Å². The van der Waals surface area contributed by atoms with Crippen LogP contribution in [0.25, 0.3) is 0 Å². The Balaban J connectivity index is 1.42. The van der Waals surface area contributed by atoms with Gasteiger partial charge in [0.15, 0.2) is 0 Å². The lowest BCUT2D eigenvalue weighted by molar-refractivity contribution is 0.124. The lowest BCUT2D eigenvalue weighted by Gasteiger charge is -2.38. The molecule has 0 aliphatic heterocycles. The monoisotopic (exact) mass is 384 g/mol. The summed E-state index contributed by atoms with van der Waals surface area (Å²) >= 11 is 0. The van der Waals surface area contributed by atoms with Gasteiger partial charge in [0.1, 0.15) is 18.1 Å². The second-order valence-electron chi connectivity index (χ2n) is 7.07. The number of carbonyl (C=O) groups is 1. The van der Waals surface area contributed by atoms with Gasteiger partial charge in [-0.3, -0.25) is 0 Å². The van der Waals surface area contributed by atoms with Crippen molar-refractivity contribution in [3.63, 3.8) is 0 Å². The van der Waals surface area contributed by atoms with Crippen LogP contribution in [0, 0.1) is 0 Å². The van der Waals surface area contributed by atoms with Crippen molar-refractivity contribution < 1.29 is 19.0 Å². The molecule has 0 bridgehead atoms. The first kappa shape index (κ1) is 20.0. The van der Waals surface area contributed by atoms with Crippen molar-refractivity contribution in [2.24, 2.45) is 0 Å². The quantitative estimate of drug-likeness (QED) is 0.724. The molecular formula is C22H28N2O4. The van der Waals surface area contributed by atoms with Gasteiger partial charge in [-0.15, -0.1) is 0 Å². The smallest absolute Gasteiger partial charge is 0.407 e. The maximum Gasteiger partial charge on any atom is 0.407 e. The van der Waals surface area contributed by atoms with E-state index in [1.165, 1.54) is 0 Å². The van der Waals surface area contributed by atoms with Crippen molar-refractivity contribution in [1.29, 1.82) is 0 Å². The molecule has 1 aliphatic carbocycles. The van der Waals surface area contributed by atoms with Gasteiger partial charge in [-0.05, 0) is 43.5 Å². The third kappa shape index (κ3) is 5.16.